The van der Waals surface area contributed by atoms with Crippen molar-refractivity contribution in [2.75, 3.05) is 42.5 Å². The molecule has 2 saturated heterocycles. The number of rotatable bonds is 5. The van der Waals surface area contributed by atoms with Crippen LogP contribution < -0.4 is 15.1 Å². The van der Waals surface area contributed by atoms with Gasteiger partial charge in [0.1, 0.15) is 5.82 Å². The van der Waals surface area contributed by atoms with E-state index in [4.69, 9.17) is 4.98 Å². The van der Waals surface area contributed by atoms with Crippen LogP contribution in [0.1, 0.15) is 51.4 Å². The Labute approximate surface area is 167 Å². The third kappa shape index (κ3) is 4.74. The Morgan fingerprint density at radius 2 is 1.71 bits per heavy atom. The molecule has 2 N–H and O–H groups in total. The van der Waals surface area contributed by atoms with Gasteiger partial charge in [-0.1, -0.05) is 12.8 Å². The van der Waals surface area contributed by atoms with Gasteiger partial charge in [0.25, 0.3) is 0 Å². The molecule has 0 aromatic carbocycles. The van der Waals surface area contributed by atoms with Crippen molar-refractivity contribution in [1.29, 1.82) is 0 Å². The molecule has 2 aliphatic heterocycles. The maximum atomic E-state index is 12.2. The lowest BCUT2D eigenvalue weighted by molar-refractivity contribution is -0.125. The highest BCUT2D eigenvalue weighted by Gasteiger charge is 2.26. The van der Waals surface area contributed by atoms with Crippen molar-refractivity contribution in [2.45, 2.75) is 57.5 Å². The van der Waals surface area contributed by atoms with E-state index in [0.29, 0.717) is 5.92 Å². The monoisotopic (exact) mass is 387 g/mol. The summed E-state index contributed by atoms with van der Waals surface area (Å²) in [5.41, 5.74) is 0. The summed E-state index contributed by atoms with van der Waals surface area (Å²) in [6.45, 7) is 4.37. The van der Waals surface area contributed by atoms with E-state index >= 15 is 0 Å². The Morgan fingerprint density at radius 3 is 2.43 bits per heavy atom. The molecule has 7 heteroatoms. The second kappa shape index (κ2) is 9.07. The SMILES string of the molecule is O=C(NCC1CCN(c2nccc(N3CCC(O)CC3)n2)CC1)C1CCCC1. The Morgan fingerprint density at radius 1 is 1.04 bits per heavy atom. The Hall–Kier alpha value is -1.89. The van der Waals surface area contributed by atoms with Crippen LogP contribution in [0.4, 0.5) is 11.8 Å². The lowest BCUT2D eigenvalue weighted by atomic mass is 9.96. The molecule has 0 bridgehead atoms. The maximum Gasteiger partial charge on any atom is 0.227 e. The zero-order valence-corrected chi connectivity index (χ0v) is 16.7. The first kappa shape index (κ1) is 19.4. The van der Waals surface area contributed by atoms with E-state index in [0.717, 1.165) is 83.0 Å². The van der Waals surface area contributed by atoms with Gasteiger partial charge in [-0.05, 0) is 50.5 Å². The number of carbonyl (C=O) groups excluding carboxylic acids is 1. The Bertz CT molecular complexity index is 648. The summed E-state index contributed by atoms with van der Waals surface area (Å²) in [4.78, 5) is 26.0. The minimum atomic E-state index is -0.175. The summed E-state index contributed by atoms with van der Waals surface area (Å²) in [7, 11) is 0. The molecule has 1 saturated carbocycles. The molecule has 0 spiro atoms. The number of hydrogen-bond acceptors (Lipinski definition) is 6. The summed E-state index contributed by atoms with van der Waals surface area (Å²) >= 11 is 0. The molecule has 3 heterocycles. The van der Waals surface area contributed by atoms with Crippen molar-refractivity contribution in [3.63, 3.8) is 0 Å². The van der Waals surface area contributed by atoms with Crippen molar-refractivity contribution < 1.29 is 9.90 Å². The third-order valence-corrected chi connectivity index (χ3v) is 6.60. The van der Waals surface area contributed by atoms with E-state index < -0.39 is 0 Å². The molecule has 3 fully saturated rings. The molecule has 1 aliphatic carbocycles. The van der Waals surface area contributed by atoms with Gasteiger partial charge in [-0.2, -0.15) is 4.98 Å². The first-order valence-corrected chi connectivity index (χ1v) is 11.0. The highest BCUT2D eigenvalue weighted by molar-refractivity contribution is 5.78. The van der Waals surface area contributed by atoms with E-state index in [9.17, 15) is 9.90 Å². The molecule has 3 aliphatic rings. The van der Waals surface area contributed by atoms with Crippen LogP contribution >= 0.6 is 0 Å². The number of nitrogens with zero attached hydrogens (tertiary/aromatic N) is 4. The quantitative estimate of drug-likeness (QED) is 0.804. The summed E-state index contributed by atoms with van der Waals surface area (Å²) in [5, 5.41) is 12.9. The fourth-order valence-electron chi connectivity index (χ4n) is 4.68. The average molecular weight is 388 g/mol. The van der Waals surface area contributed by atoms with E-state index in [1.54, 1.807) is 0 Å². The maximum absolute atomic E-state index is 12.2. The van der Waals surface area contributed by atoms with Crippen molar-refractivity contribution in [3.8, 4) is 0 Å². The second-order valence-corrected chi connectivity index (χ2v) is 8.59. The second-order valence-electron chi connectivity index (χ2n) is 8.59. The van der Waals surface area contributed by atoms with Gasteiger partial charge in [0.2, 0.25) is 11.9 Å². The number of aromatic nitrogens is 2. The molecule has 4 rings (SSSR count). The minimum Gasteiger partial charge on any atom is -0.393 e. The van der Waals surface area contributed by atoms with Gasteiger partial charge in [-0.3, -0.25) is 4.79 Å². The van der Waals surface area contributed by atoms with Gasteiger partial charge in [0.05, 0.1) is 6.10 Å². The Balaban J connectivity index is 1.25. The normalized spacial score (nSPS) is 22.6. The van der Waals surface area contributed by atoms with E-state index in [1.807, 2.05) is 12.3 Å². The topological polar surface area (TPSA) is 81.6 Å². The van der Waals surface area contributed by atoms with Crippen LogP contribution in [0, 0.1) is 11.8 Å². The number of hydrogen-bond donors (Lipinski definition) is 2. The number of aliphatic hydroxyl groups is 1. The van der Waals surface area contributed by atoms with Crippen LogP contribution in [0.5, 0.6) is 0 Å². The van der Waals surface area contributed by atoms with Crippen LogP contribution in [-0.4, -0.2) is 59.8 Å². The molecule has 28 heavy (non-hydrogen) atoms. The van der Waals surface area contributed by atoms with Gasteiger partial charge >= 0.3 is 0 Å². The molecular formula is C21H33N5O2. The van der Waals surface area contributed by atoms with Crippen molar-refractivity contribution in [2.24, 2.45) is 11.8 Å². The molecular weight excluding hydrogens is 354 g/mol. The summed E-state index contributed by atoms with van der Waals surface area (Å²) in [5.74, 6) is 2.84. The zero-order chi connectivity index (χ0) is 19.3. The fourth-order valence-corrected chi connectivity index (χ4v) is 4.68. The third-order valence-electron chi connectivity index (χ3n) is 6.60. The number of piperidine rings is 2. The Kier molecular flexibility index (Phi) is 6.29. The number of aliphatic hydroxyl groups excluding tert-OH is 1. The molecule has 1 aromatic heterocycles. The van der Waals surface area contributed by atoms with Crippen LogP contribution in [0.25, 0.3) is 0 Å². The lowest BCUT2D eigenvalue weighted by Crippen LogP contribution is -2.41. The fraction of sp³-hybridized carbons (Fsp3) is 0.762. The molecule has 7 nitrogen and oxygen atoms in total. The standard InChI is InChI=1S/C21H33N5O2/c27-18-8-13-25(14-9-18)19-5-10-22-21(24-19)26-11-6-16(7-12-26)15-23-20(28)17-3-1-2-4-17/h5,10,16-18,27H,1-4,6-9,11-15H2,(H,23,28). The summed E-state index contributed by atoms with van der Waals surface area (Å²) < 4.78 is 0. The summed E-state index contributed by atoms with van der Waals surface area (Å²) in [6, 6.07) is 1.96. The van der Waals surface area contributed by atoms with Gasteiger partial charge in [0.15, 0.2) is 0 Å². The van der Waals surface area contributed by atoms with E-state index in [2.05, 4.69) is 20.1 Å². The molecule has 0 unspecified atom stereocenters. The van der Waals surface area contributed by atoms with Crippen molar-refractivity contribution in [3.05, 3.63) is 12.3 Å². The number of anilines is 2. The smallest absolute Gasteiger partial charge is 0.227 e. The van der Waals surface area contributed by atoms with Crippen LogP contribution in [0.15, 0.2) is 12.3 Å². The predicted octanol–water partition coefficient (Wildman–Crippen LogP) is 1.96. The first-order chi connectivity index (χ1) is 13.7. The van der Waals surface area contributed by atoms with Crippen molar-refractivity contribution >= 4 is 17.7 Å². The minimum absolute atomic E-state index is 0.175. The van der Waals surface area contributed by atoms with Gasteiger partial charge in [0, 0.05) is 44.8 Å². The highest BCUT2D eigenvalue weighted by atomic mass is 16.3. The number of amides is 1. The predicted molar refractivity (Wildman–Crippen MR) is 109 cm³/mol. The molecule has 154 valence electrons. The number of carbonyl (C=O) groups is 1. The van der Waals surface area contributed by atoms with E-state index in [1.165, 1.54) is 12.8 Å². The van der Waals surface area contributed by atoms with Gasteiger partial charge in [-0.15, -0.1) is 0 Å². The van der Waals surface area contributed by atoms with Crippen LogP contribution in [-0.2, 0) is 4.79 Å². The van der Waals surface area contributed by atoms with E-state index in [-0.39, 0.29) is 17.9 Å². The zero-order valence-electron chi connectivity index (χ0n) is 16.7. The molecule has 1 aromatic rings. The lowest BCUT2D eigenvalue weighted by Gasteiger charge is -2.34. The average Bonchev–Trinajstić information content (AvgIpc) is 3.28. The van der Waals surface area contributed by atoms with Crippen LogP contribution in [0.3, 0.4) is 0 Å². The van der Waals surface area contributed by atoms with Gasteiger partial charge < -0.3 is 20.2 Å². The molecule has 0 radical (unpaired) electrons. The van der Waals surface area contributed by atoms with Crippen molar-refractivity contribution in [1.82, 2.24) is 15.3 Å². The first-order valence-electron chi connectivity index (χ1n) is 11.0. The van der Waals surface area contributed by atoms with Crippen LogP contribution in [0.2, 0.25) is 0 Å². The van der Waals surface area contributed by atoms with Gasteiger partial charge in [-0.25, -0.2) is 4.98 Å². The number of nitrogens with one attached hydrogen (secondary N) is 1. The summed E-state index contributed by atoms with van der Waals surface area (Å²) in [6.07, 6.45) is 9.93. The molecule has 1 amide bonds. The molecule has 0 atom stereocenters. The highest BCUT2D eigenvalue weighted by Crippen LogP contribution is 2.26. The largest absolute Gasteiger partial charge is 0.393 e.